The lowest BCUT2D eigenvalue weighted by Gasteiger charge is -2.39. The van der Waals surface area contributed by atoms with Crippen LogP contribution in [-0.2, 0) is 0 Å². The van der Waals surface area contributed by atoms with Crippen molar-refractivity contribution in [3.8, 4) is 0 Å². The Morgan fingerprint density at radius 3 is 2.38 bits per heavy atom. The molecule has 142 valence electrons. The molecule has 1 saturated carbocycles. The van der Waals surface area contributed by atoms with Gasteiger partial charge in [-0.05, 0) is 53.3 Å². The zero-order valence-electron chi connectivity index (χ0n) is 16.6. The summed E-state index contributed by atoms with van der Waals surface area (Å²) in [7, 11) is 4.29. The molecule has 26 heavy (non-hydrogen) atoms. The number of hydrogen-bond donors (Lipinski definition) is 1. The Hall–Kier alpha value is -1.53. The first kappa shape index (κ1) is 19.2. The third-order valence-corrected chi connectivity index (χ3v) is 7.03. The average molecular weight is 375 g/mol. The van der Waals surface area contributed by atoms with Gasteiger partial charge < -0.3 is 10.2 Å². The van der Waals surface area contributed by atoms with Gasteiger partial charge >= 0.3 is 0 Å². The zero-order valence-corrected chi connectivity index (χ0v) is 17.4. The quantitative estimate of drug-likeness (QED) is 0.822. The molecule has 0 aliphatic heterocycles. The molecule has 1 amide bonds. The van der Waals surface area contributed by atoms with Gasteiger partial charge in [0.25, 0.3) is 5.91 Å². The lowest BCUT2D eigenvalue weighted by Crippen LogP contribution is -2.52. The Labute approximate surface area is 160 Å². The van der Waals surface area contributed by atoms with E-state index in [9.17, 15) is 4.79 Å². The second kappa shape index (κ2) is 7.61. The number of thiophene rings is 1. The largest absolute Gasteiger partial charge is 0.349 e. The molecule has 0 aromatic carbocycles. The van der Waals surface area contributed by atoms with Crippen molar-refractivity contribution in [2.45, 2.75) is 64.8 Å². The van der Waals surface area contributed by atoms with E-state index in [1.165, 1.54) is 37.0 Å². The molecule has 0 saturated heterocycles. The van der Waals surface area contributed by atoms with Gasteiger partial charge in [-0.3, -0.25) is 4.79 Å². The molecule has 5 nitrogen and oxygen atoms in total. The van der Waals surface area contributed by atoms with Gasteiger partial charge in [-0.25, -0.2) is 9.97 Å². The van der Waals surface area contributed by atoms with Crippen molar-refractivity contribution < 1.29 is 4.79 Å². The Kier molecular flexibility index (Phi) is 5.63. The van der Waals surface area contributed by atoms with Gasteiger partial charge in [0.15, 0.2) is 0 Å². The SMILES string of the molecule is Cc1nc(C)c2c(C)c(C(=O)NCC3(N(C)C)CCCCCC3)sc2n1. The number of carbonyl (C=O) groups excluding carboxylic acids is 1. The van der Waals surface area contributed by atoms with Gasteiger partial charge in [0, 0.05) is 23.2 Å². The van der Waals surface area contributed by atoms with Crippen LogP contribution in [0.4, 0.5) is 0 Å². The highest BCUT2D eigenvalue weighted by molar-refractivity contribution is 7.20. The van der Waals surface area contributed by atoms with Crippen LogP contribution in [0, 0.1) is 20.8 Å². The summed E-state index contributed by atoms with van der Waals surface area (Å²) in [5.74, 6) is 0.779. The summed E-state index contributed by atoms with van der Waals surface area (Å²) in [6.45, 7) is 6.60. The predicted octanol–water partition coefficient (Wildman–Crippen LogP) is 4.00. The number of hydrogen-bond acceptors (Lipinski definition) is 5. The third-order valence-electron chi connectivity index (χ3n) is 5.85. The van der Waals surface area contributed by atoms with E-state index in [-0.39, 0.29) is 11.4 Å². The van der Waals surface area contributed by atoms with Crippen molar-refractivity contribution in [1.29, 1.82) is 0 Å². The molecule has 1 aliphatic carbocycles. The van der Waals surface area contributed by atoms with E-state index in [1.807, 2.05) is 20.8 Å². The van der Waals surface area contributed by atoms with E-state index in [4.69, 9.17) is 0 Å². The fraction of sp³-hybridized carbons (Fsp3) is 0.650. The third kappa shape index (κ3) is 3.62. The molecular weight excluding hydrogens is 344 g/mol. The van der Waals surface area contributed by atoms with E-state index in [0.29, 0.717) is 6.54 Å². The van der Waals surface area contributed by atoms with E-state index in [0.717, 1.165) is 45.0 Å². The molecule has 6 heteroatoms. The number of nitrogens with zero attached hydrogens (tertiary/aromatic N) is 3. The maximum absolute atomic E-state index is 13.0. The molecule has 1 fully saturated rings. The Morgan fingerprint density at radius 1 is 1.12 bits per heavy atom. The van der Waals surface area contributed by atoms with Crippen LogP contribution >= 0.6 is 11.3 Å². The van der Waals surface area contributed by atoms with Crippen molar-refractivity contribution in [3.63, 3.8) is 0 Å². The molecule has 0 spiro atoms. The highest BCUT2D eigenvalue weighted by Gasteiger charge is 2.34. The van der Waals surface area contributed by atoms with Gasteiger partial charge in [0.05, 0.1) is 4.88 Å². The Morgan fingerprint density at radius 2 is 1.77 bits per heavy atom. The lowest BCUT2D eigenvalue weighted by molar-refractivity contribution is 0.0872. The average Bonchev–Trinajstić information content (AvgIpc) is 2.77. The van der Waals surface area contributed by atoms with Crippen LogP contribution < -0.4 is 5.32 Å². The van der Waals surface area contributed by atoms with Gasteiger partial charge in [-0.15, -0.1) is 11.3 Å². The lowest BCUT2D eigenvalue weighted by atomic mass is 9.88. The monoisotopic (exact) mass is 374 g/mol. The maximum Gasteiger partial charge on any atom is 0.261 e. The van der Waals surface area contributed by atoms with Crippen LogP contribution in [0.3, 0.4) is 0 Å². The molecule has 2 aromatic rings. The topological polar surface area (TPSA) is 58.1 Å². The molecule has 3 rings (SSSR count). The summed E-state index contributed by atoms with van der Waals surface area (Å²) in [6, 6.07) is 0. The first-order valence-corrected chi connectivity index (χ1v) is 10.4. The van der Waals surface area contributed by atoms with Crippen LogP contribution in [0.15, 0.2) is 0 Å². The van der Waals surface area contributed by atoms with Crippen LogP contribution in [-0.4, -0.2) is 47.0 Å². The summed E-state index contributed by atoms with van der Waals surface area (Å²) in [4.78, 5) is 25.9. The molecule has 0 bridgehead atoms. The van der Waals surface area contributed by atoms with Gasteiger partial charge in [0.1, 0.15) is 10.7 Å². The number of amides is 1. The minimum Gasteiger partial charge on any atom is -0.349 e. The number of rotatable bonds is 4. The number of carbonyl (C=O) groups is 1. The smallest absolute Gasteiger partial charge is 0.261 e. The van der Waals surface area contributed by atoms with Gasteiger partial charge in [0.2, 0.25) is 0 Å². The maximum atomic E-state index is 13.0. The molecular formula is C20H30N4OS. The highest BCUT2D eigenvalue weighted by Crippen LogP contribution is 2.33. The normalized spacial score (nSPS) is 17.5. The van der Waals surface area contributed by atoms with E-state index in [2.05, 4.69) is 34.3 Å². The molecule has 0 radical (unpaired) electrons. The van der Waals surface area contributed by atoms with Crippen molar-refractivity contribution in [2.24, 2.45) is 0 Å². The predicted molar refractivity (Wildman–Crippen MR) is 108 cm³/mol. The Balaban J connectivity index is 1.82. The standard InChI is InChI=1S/C20H30N4OS/c1-13-16-14(2)22-15(3)23-19(16)26-17(13)18(25)21-12-20(24(4)5)10-8-6-7-9-11-20/h6-12H2,1-5H3,(H,21,25). The van der Waals surface area contributed by atoms with Crippen LogP contribution in [0.25, 0.3) is 10.2 Å². The Bertz CT molecular complexity index is 804. The fourth-order valence-electron chi connectivity index (χ4n) is 4.18. The van der Waals surface area contributed by atoms with Crippen molar-refractivity contribution in [3.05, 3.63) is 22.0 Å². The minimum atomic E-state index is 0.0213. The van der Waals surface area contributed by atoms with Crippen molar-refractivity contribution in [1.82, 2.24) is 20.2 Å². The number of aryl methyl sites for hydroxylation is 3. The molecule has 0 unspecified atom stereocenters. The van der Waals surface area contributed by atoms with Crippen molar-refractivity contribution in [2.75, 3.05) is 20.6 Å². The second-order valence-electron chi connectivity index (χ2n) is 7.81. The first-order chi connectivity index (χ1) is 12.3. The van der Waals surface area contributed by atoms with Crippen LogP contribution in [0.2, 0.25) is 0 Å². The van der Waals surface area contributed by atoms with E-state index >= 15 is 0 Å². The fourth-order valence-corrected chi connectivity index (χ4v) is 5.38. The van der Waals surface area contributed by atoms with Crippen LogP contribution in [0.5, 0.6) is 0 Å². The van der Waals surface area contributed by atoms with E-state index < -0.39 is 0 Å². The van der Waals surface area contributed by atoms with E-state index in [1.54, 1.807) is 0 Å². The number of aromatic nitrogens is 2. The number of likely N-dealkylation sites (N-methyl/N-ethyl adjacent to an activating group) is 1. The zero-order chi connectivity index (χ0) is 18.9. The summed E-state index contributed by atoms with van der Waals surface area (Å²) in [6.07, 6.45) is 7.38. The first-order valence-electron chi connectivity index (χ1n) is 9.54. The minimum absolute atomic E-state index is 0.0213. The summed E-state index contributed by atoms with van der Waals surface area (Å²) >= 11 is 1.48. The van der Waals surface area contributed by atoms with Gasteiger partial charge in [-0.2, -0.15) is 0 Å². The number of fused-ring (bicyclic) bond motifs is 1. The van der Waals surface area contributed by atoms with Crippen molar-refractivity contribution >= 4 is 27.5 Å². The summed E-state index contributed by atoms with van der Waals surface area (Å²) in [5.41, 5.74) is 2.02. The second-order valence-corrected chi connectivity index (χ2v) is 8.81. The summed E-state index contributed by atoms with van der Waals surface area (Å²) < 4.78 is 0. The molecule has 2 heterocycles. The molecule has 1 N–H and O–H groups in total. The molecule has 1 aliphatic rings. The highest BCUT2D eigenvalue weighted by atomic mass is 32.1. The van der Waals surface area contributed by atoms with Crippen LogP contribution in [0.1, 0.15) is 65.3 Å². The van der Waals surface area contributed by atoms with Gasteiger partial charge in [-0.1, -0.05) is 25.7 Å². The molecule has 0 atom stereocenters. The summed E-state index contributed by atoms with van der Waals surface area (Å²) in [5, 5.41) is 4.27. The number of nitrogens with one attached hydrogen (secondary N) is 1. The molecule has 2 aromatic heterocycles.